The SMILES string of the molecule is CCN(C)c1cc(N2CCC(=O)CC2)ncn1. The molecule has 1 fully saturated rings. The van der Waals surface area contributed by atoms with Crippen LogP contribution in [0, 0.1) is 0 Å². The second-order valence-corrected chi connectivity index (χ2v) is 4.27. The van der Waals surface area contributed by atoms with E-state index in [9.17, 15) is 4.79 Å². The minimum Gasteiger partial charge on any atom is -0.360 e. The zero-order valence-electron chi connectivity index (χ0n) is 10.4. The van der Waals surface area contributed by atoms with Crippen molar-refractivity contribution in [3.05, 3.63) is 12.4 Å². The molecule has 1 aromatic heterocycles. The van der Waals surface area contributed by atoms with Crippen LogP contribution in [0.25, 0.3) is 0 Å². The topological polar surface area (TPSA) is 49.3 Å². The summed E-state index contributed by atoms with van der Waals surface area (Å²) < 4.78 is 0. The van der Waals surface area contributed by atoms with Gasteiger partial charge in [-0.2, -0.15) is 0 Å². The normalized spacial score (nSPS) is 16.1. The molecule has 0 saturated carbocycles. The van der Waals surface area contributed by atoms with Crippen LogP contribution >= 0.6 is 0 Å². The van der Waals surface area contributed by atoms with E-state index in [0.717, 1.165) is 31.3 Å². The van der Waals surface area contributed by atoms with Gasteiger partial charge < -0.3 is 9.80 Å². The second kappa shape index (κ2) is 5.12. The number of aromatic nitrogens is 2. The number of carbonyl (C=O) groups is 1. The fourth-order valence-corrected chi connectivity index (χ4v) is 1.87. The maximum Gasteiger partial charge on any atom is 0.136 e. The van der Waals surface area contributed by atoms with Crippen molar-refractivity contribution in [1.29, 1.82) is 0 Å². The molecule has 92 valence electrons. The molecule has 1 aliphatic rings. The maximum absolute atomic E-state index is 11.2. The van der Waals surface area contributed by atoms with Crippen molar-refractivity contribution >= 4 is 17.4 Å². The molecule has 1 saturated heterocycles. The van der Waals surface area contributed by atoms with E-state index in [1.165, 1.54) is 0 Å². The van der Waals surface area contributed by atoms with E-state index in [1.807, 2.05) is 13.1 Å². The number of anilines is 2. The first-order chi connectivity index (χ1) is 8.20. The fraction of sp³-hybridized carbons (Fsp3) is 0.583. The molecule has 2 rings (SSSR count). The molecular weight excluding hydrogens is 216 g/mol. The van der Waals surface area contributed by atoms with E-state index in [-0.39, 0.29) is 0 Å². The largest absolute Gasteiger partial charge is 0.360 e. The molecule has 0 unspecified atom stereocenters. The number of Topliss-reactive ketones (excluding diaryl/α,β-unsaturated/α-hetero) is 1. The molecule has 2 heterocycles. The summed E-state index contributed by atoms with van der Waals surface area (Å²) in [5.41, 5.74) is 0. The molecule has 1 aromatic rings. The van der Waals surface area contributed by atoms with Gasteiger partial charge in [0.15, 0.2) is 0 Å². The molecule has 0 radical (unpaired) electrons. The predicted octanol–water partition coefficient (Wildman–Crippen LogP) is 1.10. The molecule has 5 nitrogen and oxygen atoms in total. The molecule has 0 bridgehead atoms. The van der Waals surface area contributed by atoms with Gasteiger partial charge >= 0.3 is 0 Å². The smallest absolute Gasteiger partial charge is 0.136 e. The van der Waals surface area contributed by atoms with Crippen molar-refractivity contribution in [2.75, 3.05) is 36.5 Å². The monoisotopic (exact) mass is 234 g/mol. The lowest BCUT2D eigenvalue weighted by Crippen LogP contribution is -2.34. The minimum absolute atomic E-state index is 0.348. The van der Waals surface area contributed by atoms with Crippen molar-refractivity contribution in [3.63, 3.8) is 0 Å². The summed E-state index contributed by atoms with van der Waals surface area (Å²) in [7, 11) is 2.01. The standard InChI is InChI=1S/C12H18N4O/c1-3-15(2)11-8-12(14-9-13-11)16-6-4-10(17)5-7-16/h8-9H,3-7H2,1-2H3. The molecule has 0 spiro atoms. The molecular formula is C12H18N4O. The quantitative estimate of drug-likeness (QED) is 0.784. The van der Waals surface area contributed by atoms with E-state index in [0.29, 0.717) is 18.6 Å². The van der Waals surface area contributed by atoms with Crippen molar-refractivity contribution in [2.45, 2.75) is 19.8 Å². The van der Waals surface area contributed by atoms with Crippen molar-refractivity contribution in [2.24, 2.45) is 0 Å². The van der Waals surface area contributed by atoms with Crippen LogP contribution in [0.1, 0.15) is 19.8 Å². The third kappa shape index (κ3) is 2.72. The highest BCUT2D eigenvalue weighted by Gasteiger charge is 2.17. The van der Waals surface area contributed by atoms with E-state index in [2.05, 4.69) is 26.7 Å². The van der Waals surface area contributed by atoms with Gasteiger partial charge in [-0.3, -0.25) is 4.79 Å². The maximum atomic E-state index is 11.2. The third-order valence-corrected chi connectivity index (χ3v) is 3.15. The number of carbonyl (C=O) groups excluding carboxylic acids is 1. The number of piperidine rings is 1. The zero-order chi connectivity index (χ0) is 12.3. The summed E-state index contributed by atoms with van der Waals surface area (Å²) >= 11 is 0. The van der Waals surface area contributed by atoms with E-state index >= 15 is 0 Å². The summed E-state index contributed by atoms with van der Waals surface area (Å²) in [5.74, 6) is 2.19. The lowest BCUT2D eigenvalue weighted by Gasteiger charge is -2.27. The van der Waals surface area contributed by atoms with Crippen LogP contribution in [-0.4, -0.2) is 42.4 Å². The van der Waals surface area contributed by atoms with Crippen LogP contribution in [-0.2, 0) is 4.79 Å². The number of hydrogen-bond donors (Lipinski definition) is 0. The van der Waals surface area contributed by atoms with Crippen molar-refractivity contribution in [1.82, 2.24) is 9.97 Å². The van der Waals surface area contributed by atoms with Gasteiger partial charge in [-0.25, -0.2) is 9.97 Å². The fourth-order valence-electron chi connectivity index (χ4n) is 1.87. The van der Waals surface area contributed by atoms with Crippen molar-refractivity contribution in [3.8, 4) is 0 Å². The summed E-state index contributed by atoms with van der Waals surface area (Å²) in [4.78, 5) is 23.9. The average Bonchev–Trinajstić information content (AvgIpc) is 2.39. The van der Waals surface area contributed by atoms with Crippen LogP contribution in [0.2, 0.25) is 0 Å². The molecule has 5 heteroatoms. The predicted molar refractivity (Wildman–Crippen MR) is 67.4 cm³/mol. The average molecular weight is 234 g/mol. The first-order valence-electron chi connectivity index (χ1n) is 6.00. The minimum atomic E-state index is 0.348. The van der Waals surface area contributed by atoms with E-state index < -0.39 is 0 Å². The van der Waals surface area contributed by atoms with Crippen LogP contribution < -0.4 is 9.80 Å². The van der Waals surface area contributed by atoms with Crippen LogP contribution in [0.5, 0.6) is 0 Å². The van der Waals surface area contributed by atoms with Gasteiger partial charge in [0, 0.05) is 45.6 Å². The first-order valence-corrected chi connectivity index (χ1v) is 6.00. The molecule has 0 aliphatic carbocycles. The van der Waals surface area contributed by atoms with Crippen molar-refractivity contribution < 1.29 is 4.79 Å². The van der Waals surface area contributed by atoms with Gasteiger partial charge in [0.25, 0.3) is 0 Å². The van der Waals surface area contributed by atoms with Crippen LogP contribution in [0.15, 0.2) is 12.4 Å². The summed E-state index contributed by atoms with van der Waals surface area (Å²) in [6, 6.07) is 1.99. The highest BCUT2D eigenvalue weighted by atomic mass is 16.1. The van der Waals surface area contributed by atoms with E-state index in [4.69, 9.17) is 0 Å². The summed E-state index contributed by atoms with van der Waals surface area (Å²) in [6.45, 7) is 4.53. The molecule has 0 N–H and O–H groups in total. The highest BCUT2D eigenvalue weighted by molar-refractivity contribution is 5.80. The molecule has 0 amide bonds. The molecule has 0 aromatic carbocycles. The van der Waals surface area contributed by atoms with Gasteiger partial charge in [-0.15, -0.1) is 0 Å². The third-order valence-electron chi connectivity index (χ3n) is 3.15. The van der Waals surface area contributed by atoms with Crippen LogP contribution in [0.3, 0.4) is 0 Å². The van der Waals surface area contributed by atoms with Crippen LogP contribution in [0.4, 0.5) is 11.6 Å². The summed E-state index contributed by atoms with van der Waals surface area (Å²) in [6.07, 6.45) is 2.85. The number of rotatable bonds is 3. The number of hydrogen-bond acceptors (Lipinski definition) is 5. The first kappa shape index (κ1) is 11.8. The Hall–Kier alpha value is -1.65. The number of ketones is 1. The molecule has 0 atom stereocenters. The second-order valence-electron chi connectivity index (χ2n) is 4.27. The van der Waals surface area contributed by atoms with Gasteiger partial charge in [0.2, 0.25) is 0 Å². The Kier molecular flexibility index (Phi) is 3.56. The van der Waals surface area contributed by atoms with Gasteiger partial charge in [-0.1, -0.05) is 0 Å². The van der Waals surface area contributed by atoms with Gasteiger partial charge in [0.05, 0.1) is 0 Å². The Balaban J connectivity index is 2.13. The zero-order valence-corrected chi connectivity index (χ0v) is 10.4. The highest BCUT2D eigenvalue weighted by Crippen LogP contribution is 2.19. The Bertz CT molecular complexity index is 397. The van der Waals surface area contributed by atoms with Gasteiger partial charge in [-0.05, 0) is 6.92 Å². The summed E-state index contributed by atoms with van der Waals surface area (Å²) in [5, 5.41) is 0. The van der Waals surface area contributed by atoms with E-state index in [1.54, 1.807) is 6.33 Å². The van der Waals surface area contributed by atoms with Gasteiger partial charge in [0.1, 0.15) is 23.7 Å². The lowest BCUT2D eigenvalue weighted by molar-refractivity contribution is -0.119. The molecule has 17 heavy (non-hydrogen) atoms. The Morgan fingerprint density at radius 3 is 2.71 bits per heavy atom. The molecule has 1 aliphatic heterocycles. The Morgan fingerprint density at radius 2 is 2.06 bits per heavy atom. The Labute approximate surface area is 101 Å². The lowest BCUT2D eigenvalue weighted by atomic mass is 10.1. The Morgan fingerprint density at radius 1 is 1.35 bits per heavy atom. The number of nitrogens with zero attached hydrogens (tertiary/aromatic N) is 4.